The van der Waals surface area contributed by atoms with Gasteiger partial charge in [0.05, 0.1) is 0 Å². The van der Waals surface area contributed by atoms with Gasteiger partial charge in [0, 0.05) is 2.74 Å². The average Bonchev–Trinajstić information content (AvgIpc) is 1.64. The van der Waals surface area contributed by atoms with Crippen molar-refractivity contribution >= 4 is 0 Å². The second-order valence-corrected chi connectivity index (χ2v) is 2.49. The molecule has 0 aliphatic carbocycles. The van der Waals surface area contributed by atoms with Crippen molar-refractivity contribution in [3.8, 4) is 0 Å². The van der Waals surface area contributed by atoms with Crippen LogP contribution in [0.5, 0.6) is 0 Å². The first-order valence-corrected chi connectivity index (χ1v) is 2.81. The van der Waals surface area contributed by atoms with Crippen molar-refractivity contribution < 1.29 is 2.74 Å². The highest BCUT2D eigenvalue weighted by Gasteiger charge is 2.09. The van der Waals surface area contributed by atoms with Crippen LogP contribution in [-0.4, -0.2) is 0 Å². The molecule has 7 heavy (non-hydrogen) atoms. The predicted molar refractivity (Wildman–Crippen MR) is 34.4 cm³/mol. The fourth-order valence-corrected chi connectivity index (χ4v) is 0.177. The van der Waals surface area contributed by atoms with E-state index in [2.05, 4.69) is 0 Å². The van der Waals surface area contributed by atoms with E-state index < -0.39 is 6.37 Å². The van der Waals surface area contributed by atoms with Crippen LogP contribution >= 0.6 is 0 Å². The zero-order valence-corrected chi connectivity index (χ0v) is 5.71. The van der Waals surface area contributed by atoms with Gasteiger partial charge in [-0.25, -0.2) is 0 Å². The first kappa shape index (κ1) is 3.94. The van der Waals surface area contributed by atoms with E-state index in [0.717, 1.165) is 6.42 Å². The maximum atomic E-state index is 7.40. The van der Waals surface area contributed by atoms with Gasteiger partial charge in [0.15, 0.2) is 0 Å². The SMILES string of the molecule is [2H]C([2H])(C)C(C)(C)CC. The standard InChI is InChI=1S/C7H16/c1-5-7(3,4)6-2/h5-6H2,1-4H3/i5D2. The third-order valence-electron chi connectivity index (χ3n) is 1.56. The molecule has 0 N–H and O–H groups in total. The van der Waals surface area contributed by atoms with E-state index in [1.165, 1.54) is 0 Å². The van der Waals surface area contributed by atoms with Crippen molar-refractivity contribution in [3.05, 3.63) is 0 Å². The highest BCUT2D eigenvalue weighted by atomic mass is 14.1. The van der Waals surface area contributed by atoms with Gasteiger partial charge >= 0.3 is 0 Å². The van der Waals surface area contributed by atoms with E-state index in [1.807, 2.05) is 20.8 Å². The Labute approximate surface area is 49.7 Å². The molecule has 0 saturated carbocycles. The quantitative estimate of drug-likeness (QED) is 0.503. The third-order valence-corrected chi connectivity index (χ3v) is 1.56. The monoisotopic (exact) mass is 102 g/mol. The second-order valence-electron chi connectivity index (χ2n) is 2.49. The summed E-state index contributed by atoms with van der Waals surface area (Å²) in [4.78, 5) is 0. The maximum Gasteiger partial charge on any atom is 0.0269 e. The number of hydrogen-bond acceptors (Lipinski definition) is 0. The highest BCUT2D eigenvalue weighted by molar-refractivity contribution is 4.61. The first-order valence-electron chi connectivity index (χ1n) is 3.81. The Kier molecular flexibility index (Phi) is 1.32. The highest BCUT2D eigenvalue weighted by Crippen LogP contribution is 2.22. The zero-order valence-electron chi connectivity index (χ0n) is 7.71. The van der Waals surface area contributed by atoms with E-state index in [4.69, 9.17) is 2.74 Å². The van der Waals surface area contributed by atoms with Crippen LogP contribution in [0.25, 0.3) is 0 Å². The van der Waals surface area contributed by atoms with E-state index in [-0.39, 0.29) is 5.41 Å². The molecule has 0 aromatic heterocycles. The van der Waals surface area contributed by atoms with Gasteiger partial charge in [-0.05, 0) is 5.41 Å². The molecule has 0 fully saturated rings. The summed E-state index contributed by atoms with van der Waals surface area (Å²) < 4.78 is 14.8. The van der Waals surface area contributed by atoms with Crippen LogP contribution in [0.1, 0.15) is 43.2 Å². The van der Waals surface area contributed by atoms with Crippen LogP contribution < -0.4 is 0 Å². The lowest BCUT2D eigenvalue weighted by Gasteiger charge is -2.18. The second kappa shape index (κ2) is 2.34. The third kappa shape index (κ3) is 2.67. The van der Waals surface area contributed by atoms with Gasteiger partial charge in [0.1, 0.15) is 0 Å². The van der Waals surface area contributed by atoms with Gasteiger partial charge in [-0.1, -0.05) is 40.5 Å². The molecule has 0 heteroatoms. The molecule has 0 heterocycles. The molecule has 0 radical (unpaired) electrons. The largest absolute Gasteiger partial charge is 0.0649 e. The minimum absolute atomic E-state index is 0.188. The Hall–Kier alpha value is 0. The van der Waals surface area contributed by atoms with Gasteiger partial charge in [-0.2, -0.15) is 0 Å². The van der Waals surface area contributed by atoms with Gasteiger partial charge in [0.2, 0.25) is 0 Å². The van der Waals surface area contributed by atoms with Gasteiger partial charge in [0.25, 0.3) is 0 Å². The van der Waals surface area contributed by atoms with Crippen molar-refractivity contribution in [2.45, 2.75) is 40.5 Å². The minimum Gasteiger partial charge on any atom is -0.0649 e. The Morgan fingerprint density at radius 1 is 1.43 bits per heavy atom. The van der Waals surface area contributed by atoms with Crippen LogP contribution in [-0.2, 0) is 0 Å². The molecule has 0 aliphatic rings. The Morgan fingerprint density at radius 3 is 1.86 bits per heavy atom. The summed E-state index contributed by atoms with van der Waals surface area (Å²) in [6.07, 6.45) is -0.168. The molecule has 0 saturated heterocycles. The number of hydrogen-bond donors (Lipinski definition) is 0. The fraction of sp³-hybridized carbons (Fsp3) is 1.00. The number of rotatable bonds is 2. The molecule has 0 atom stereocenters. The lowest BCUT2D eigenvalue weighted by Crippen LogP contribution is -2.05. The van der Waals surface area contributed by atoms with Crippen LogP contribution in [0.2, 0.25) is 0 Å². The molecule has 0 aromatic rings. The van der Waals surface area contributed by atoms with E-state index in [0.29, 0.717) is 0 Å². The summed E-state index contributed by atoms with van der Waals surface area (Å²) in [5, 5.41) is 0. The fourth-order valence-electron chi connectivity index (χ4n) is 0.177. The summed E-state index contributed by atoms with van der Waals surface area (Å²) in [7, 11) is 0. The predicted octanol–water partition coefficient (Wildman–Crippen LogP) is 2.83. The normalized spacial score (nSPS) is 18.3. The van der Waals surface area contributed by atoms with Gasteiger partial charge in [-0.15, -0.1) is 0 Å². The van der Waals surface area contributed by atoms with Crippen molar-refractivity contribution in [1.29, 1.82) is 0 Å². The summed E-state index contributed by atoms with van der Waals surface area (Å²) in [6.45, 7) is 7.55. The van der Waals surface area contributed by atoms with Crippen molar-refractivity contribution in [2.24, 2.45) is 5.41 Å². The van der Waals surface area contributed by atoms with Crippen molar-refractivity contribution in [3.63, 3.8) is 0 Å². The molecule has 44 valence electrons. The van der Waals surface area contributed by atoms with Gasteiger partial charge < -0.3 is 0 Å². The van der Waals surface area contributed by atoms with Crippen molar-refractivity contribution in [2.75, 3.05) is 0 Å². The molecule has 0 rings (SSSR count). The molecule has 0 spiro atoms. The van der Waals surface area contributed by atoms with Crippen LogP contribution in [0.3, 0.4) is 0 Å². The van der Waals surface area contributed by atoms with E-state index in [1.54, 1.807) is 6.92 Å². The average molecular weight is 102 g/mol. The molecular formula is C7H16. The lowest BCUT2D eigenvalue weighted by molar-refractivity contribution is 0.338. The molecular weight excluding hydrogens is 84.1 g/mol. The summed E-state index contributed by atoms with van der Waals surface area (Å²) >= 11 is 0. The zero-order chi connectivity index (χ0) is 7.71. The van der Waals surface area contributed by atoms with Crippen LogP contribution in [0.4, 0.5) is 0 Å². The molecule has 0 unspecified atom stereocenters. The van der Waals surface area contributed by atoms with Crippen molar-refractivity contribution in [1.82, 2.24) is 0 Å². The topological polar surface area (TPSA) is 0 Å². The molecule has 0 amide bonds. The minimum atomic E-state index is -1.05. The van der Waals surface area contributed by atoms with E-state index in [9.17, 15) is 0 Å². The summed E-state index contributed by atoms with van der Waals surface area (Å²) in [5.41, 5.74) is -0.188. The molecule has 0 bridgehead atoms. The molecule has 0 nitrogen and oxygen atoms in total. The Balaban J connectivity index is 4.14. The van der Waals surface area contributed by atoms with Crippen LogP contribution in [0, 0.1) is 5.41 Å². The smallest absolute Gasteiger partial charge is 0.0269 e. The first-order chi connectivity index (χ1) is 3.81. The van der Waals surface area contributed by atoms with Gasteiger partial charge in [-0.3, -0.25) is 0 Å². The Bertz CT molecular complexity index is 89.6. The van der Waals surface area contributed by atoms with Crippen LogP contribution in [0.15, 0.2) is 0 Å². The Morgan fingerprint density at radius 2 is 1.86 bits per heavy atom. The molecule has 0 aliphatic heterocycles. The molecule has 0 aromatic carbocycles. The maximum absolute atomic E-state index is 7.40. The lowest BCUT2D eigenvalue weighted by atomic mass is 9.88. The summed E-state index contributed by atoms with van der Waals surface area (Å²) in [5.74, 6) is 0. The van der Waals surface area contributed by atoms with E-state index >= 15 is 0 Å². The summed E-state index contributed by atoms with van der Waals surface area (Å²) in [6, 6.07) is 0.